The molecule has 0 atom stereocenters. The van der Waals surface area contributed by atoms with Crippen molar-refractivity contribution >= 4 is 32.4 Å². The molecule has 0 aliphatic heterocycles. The van der Waals surface area contributed by atoms with E-state index in [1.807, 2.05) is 6.92 Å². The predicted octanol–water partition coefficient (Wildman–Crippen LogP) is 2.01. The third-order valence-corrected chi connectivity index (χ3v) is 2.97. The molecule has 0 radical (unpaired) electrons. The van der Waals surface area contributed by atoms with Crippen LogP contribution in [0.4, 0.5) is 5.13 Å². The van der Waals surface area contributed by atoms with Gasteiger partial charge in [0, 0.05) is 6.20 Å². The maximum atomic E-state index is 4.22. The molecule has 2 aromatic heterocycles. The minimum atomic E-state index is 0.606. The SMILES string of the molecule is Cc1cnc(CNc2nnc(Br)s2)cn1. The smallest absolute Gasteiger partial charge is 0.206 e. The van der Waals surface area contributed by atoms with Crippen LogP contribution in [0.25, 0.3) is 0 Å². The Morgan fingerprint density at radius 3 is 2.80 bits per heavy atom. The second kappa shape index (κ2) is 4.63. The number of aryl methyl sites for hydroxylation is 1. The van der Waals surface area contributed by atoms with Gasteiger partial charge in [0.05, 0.1) is 24.1 Å². The predicted molar refractivity (Wildman–Crippen MR) is 61.7 cm³/mol. The van der Waals surface area contributed by atoms with Crippen molar-refractivity contribution in [3.8, 4) is 0 Å². The van der Waals surface area contributed by atoms with Crippen molar-refractivity contribution in [2.75, 3.05) is 5.32 Å². The van der Waals surface area contributed by atoms with Gasteiger partial charge in [0.15, 0.2) is 3.92 Å². The lowest BCUT2D eigenvalue weighted by atomic mass is 10.4. The van der Waals surface area contributed by atoms with Gasteiger partial charge in [-0.3, -0.25) is 9.97 Å². The summed E-state index contributed by atoms with van der Waals surface area (Å²) >= 11 is 4.69. The third kappa shape index (κ3) is 2.93. The second-order valence-corrected chi connectivity index (χ2v) is 5.12. The standard InChI is InChI=1S/C8H8BrN5S/c1-5-2-11-6(3-10-5)4-12-8-14-13-7(9)15-8/h2-3H,4H2,1H3,(H,12,14). The summed E-state index contributed by atoms with van der Waals surface area (Å²) in [5, 5.41) is 11.6. The molecular formula is C8H8BrN5S. The van der Waals surface area contributed by atoms with E-state index in [2.05, 4.69) is 41.4 Å². The first-order chi connectivity index (χ1) is 7.24. The molecule has 0 saturated carbocycles. The van der Waals surface area contributed by atoms with Gasteiger partial charge >= 0.3 is 0 Å². The number of halogens is 1. The minimum absolute atomic E-state index is 0.606. The van der Waals surface area contributed by atoms with E-state index in [-0.39, 0.29) is 0 Å². The molecule has 0 spiro atoms. The van der Waals surface area contributed by atoms with Crippen molar-refractivity contribution in [2.45, 2.75) is 13.5 Å². The number of nitrogens with zero attached hydrogens (tertiary/aromatic N) is 4. The van der Waals surface area contributed by atoms with E-state index in [9.17, 15) is 0 Å². The van der Waals surface area contributed by atoms with Crippen molar-refractivity contribution in [1.82, 2.24) is 20.2 Å². The molecule has 15 heavy (non-hydrogen) atoms. The van der Waals surface area contributed by atoms with Gasteiger partial charge in [0.1, 0.15) is 0 Å². The lowest BCUT2D eigenvalue weighted by Crippen LogP contribution is -2.02. The summed E-state index contributed by atoms with van der Waals surface area (Å²) in [4.78, 5) is 8.37. The molecule has 0 aromatic carbocycles. The van der Waals surface area contributed by atoms with Gasteiger partial charge in [0.2, 0.25) is 5.13 Å². The van der Waals surface area contributed by atoms with Crippen LogP contribution in [0.15, 0.2) is 16.3 Å². The molecule has 7 heteroatoms. The zero-order valence-corrected chi connectivity index (χ0v) is 10.3. The van der Waals surface area contributed by atoms with Gasteiger partial charge in [-0.05, 0) is 22.9 Å². The van der Waals surface area contributed by atoms with Crippen molar-refractivity contribution < 1.29 is 0 Å². The molecule has 0 saturated heterocycles. The average Bonchev–Trinajstić information content (AvgIpc) is 2.64. The molecule has 0 aliphatic carbocycles. The molecule has 1 N–H and O–H groups in total. The number of rotatable bonds is 3. The number of hydrogen-bond acceptors (Lipinski definition) is 6. The highest BCUT2D eigenvalue weighted by Crippen LogP contribution is 2.20. The first-order valence-electron chi connectivity index (χ1n) is 4.24. The topological polar surface area (TPSA) is 63.6 Å². The summed E-state index contributed by atoms with van der Waals surface area (Å²) < 4.78 is 0.764. The average molecular weight is 286 g/mol. The van der Waals surface area contributed by atoms with Crippen LogP contribution in [0.3, 0.4) is 0 Å². The highest BCUT2D eigenvalue weighted by Gasteiger charge is 2.01. The Kier molecular flexibility index (Phi) is 3.22. The van der Waals surface area contributed by atoms with Crippen molar-refractivity contribution in [2.24, 2.45) is 0 Å². The van der Waals surface area contributed by atoms with E-state index in [0.29, 0.717) is 6.54 Å². The van der Waals surface area contributed by atoms with Crippen molar-refractivity contribution in [3.63, 3.8) is 0 Å². The summed E-state index contributed by atoms with van der Waals surface area (Å²) in [5.41, 5.74) is 1.80. The monoisotopic (exact) mass is 285 g/mol. The Bertz CT molecular complexity index is 441. The van der Waals surface area contributed by atoms with E-state index < -0.39 is 0 Å². The van der Waals surface area contributed by atoms with Gasteiger partial charge in [-0.1, -0.05) is 11.3 Å². The quantitative estimate of drug-likeness (QED) is 0.935. The van der Waals surface area contributed by atoms with Crippen LogP contribution in [0.2, 0.25) is 0 Å². The van der Waals surface area contributed by atoms with Crippen LogP contribution in [-0.4, -0.2) is 20.2 Å². The highest BCUT2D eigenvalue weighted by atomic mass is 79.9. The molecule has 0 fully saturated rings. The van der Waals surface area contributed by atoms with Crippen molar-refractivity contribution in [1.29, 1.82) is 0 Å². The van der Waals surface area contributed by atoms with Crippen LogP contribution in [-0.2, 0) is 6.54 Å². The molecule has 0 amide bonds. The summed E-state index contributed by atoms with van der Waals surface area (Å²) in [6.45, 7) is 2.51. The molecule has 2 heterocycles. The summed E-state index contributed by atoms with van der Waals surface area (Å²) in [6.07, 6.45) is 3.49. The highest BCUT2D eigenvalue weighted by molar-refractivity contribution is 9.11. The molecular weight excluding hydrogens is 278 g/mol. The fourth-order valence-electron chi connectivity index (χ4n) is 0.954. The first kappa shape index (κ1) is 10.4. The van der Waals surface area contributed by atoms with Gasteiger partial charge in [-0.15, -0.1) is 10.2 Å². The summed E-state index contributed by atoms with van der Waals surface area (Å²) in [6, 6.07) is 0. The second-order valence-electron chi connectivity index (χ2n) is 2.86. The fraction of sp³-hybridized carbons (Fsp3) is 0.250. The molecule has 2 rings (SSSR count). The minimum Gasteiger partial charge on any atom is -0.354 e. The lowest BCUT2D eigenvalue weighted by molar-refractivity contribution is 0.969. The van der Waals surface area contributed by atoms with Gasteiger partial charge < -0.3 is 5.32 Å². The molecule has 5 nitrogen and oxygen atoms in total. The van der Waals surface area contributed by atoms with Crippen LogP contribution in [0, 0.1) is 6.92 Å². The molecule has 2 aromatic rings. The van der Waals surface area contributed by atoms with Gasteiger partial charge in [-0.2, -0.15) is 0 Å². The van der Waals surface area contributed by atoms with E-state index in [1.165, 1.54) is 11.3 Å². The Morgan fingerprint density at radius 1 is 1.33 bits per heavy atom. The van der Waals surface area contributed by atoms with Gasteiger partial charge in [-0.25, -0.2) is 0 Å². The fourth-order valence-corrected chi connectivity index (χ4v) is 1.96. The Morgan fingerprint density at radius 2 is 2.20 bits per heavy atom. The van der Waals surface area contributed by atoms with Crippen LogP contribution < -0.4 is 5.32 Å². The summed E-state index contributed by atoms with van der Waals surface area (Å²) in [5.74, 6) is 0. The zero-order chi connectivity index (χ0) is 10.7. The maximum absolute atomic E-state index is 4.22. The first-order valence-corrected chi connectivity index (χ1v) is 5.85. The van der Waals surface area contributed by atoms with Crippen LogP contribution in [0.5, 0.6) is 0 Å². The van der Waals surface area contributed by atoms with Crippen molar-refractivity contribution in [3.05, 3.63) is 27.7 Å². The van der Waals surface area contributed by atoms with E-state index in [1.54, 1.807) is 12.4 Å². The lowest BCUT2D eigenvalue weighted by Gasteiger charge is -2.00. The summed E-state index contributed by atoms with van der Waals surface area (Å²) in [7, 11) is 0. The third-order valence-electron chi connectivity index (χ3n) is 1.66. The van der Waals surface area contributed by atoms with Crippen LogP contribution >= 0.6 is 27.3 Å². The van der Waals surface area contributed by atoms with Gasteiger partial charge in [0.25, 0.3) is 0 Å². The molecule has 0 unspecified atom stereocenters. The number of nitrogens with one attached hydrogen (secondary N) is 1. The molecule has 0 bridgehead atoms. The largest absolute Gasteiger partial charge is 0.354 e. The molecule has 0 aliphatic rings. The number of hydrogen-bond donors (Lipinski definition) is 1. The Labute approximate surface area is 99.1 Å². The zero-order valence-electron chi connectivity index (χ0n) is 7.94. The van der Waals surface area contributed by atoms with E-state index >= 15 is 0 Å². The Balaban J connectivity index is 1.96. The van der Waals surface area contributed by atoms with Crippen LogP contribution in [0.1, 0.15) is 11.4 Å². The van der Waals surface area contributed by atoms with E-state index in [0.717, 1.165) is 20.4 Å². The normalized spacial score (nSPS) is 10.3. The van der Waals surface area contributed by atoms with E-state index in [4.69, 9.17) is 0 Å². The molecule has 78 valence electrons. The maximum Gasteiger partial charge on any atom is 0.206 e. The Hall–Kier alpha value is -1.08. The number of anilines is 1. The number of aromatic nitrogens is 4.